The van der Waals surface area contributed by atoms with Gasteiger partial charge in [-0.25, -0.2) is 0 Å². The smallest absolute Gasteiger partial charge is 0.225 e. The van der Waals surface area contributed by atoms with E-state index < -0.39 is 0 Å². The molecular formula is C17H36IN5O. The quantitative estimate of drug-likeness (QED) is 0.334. The number of nitrogens with one attached hydrogen (secondary N) is 2. The molecule has 1 amide bonds. The van der Waals surface area contributed by atoms with Gasteiger partial charge in [0, 0.05) is 45.2 Å². The molecule has 1 heterocycles. The van der Waals surface area contributed by atoms with E-state index in [1.54, 1.807) is 7.05 Å². The minimum absolute atomic E-state index is 0. The third-order valence-electron chi connectivity index (χ3n) is 4.27. The SMILES string of the molecule is CCCN(CC)CCNC(=NC)NC1CCN(C(=O)C(C)C)C1.I. The molecule has 24 heavy (non-hydrogen) atoms. The maximum absolute atomic E-state index is 12.0. The van der Waals surface area contributed by atoms with Crippen LogP contribution in [-0.4, -0.2) is 74.0 Å². The second-order valence-electron chi connectivity index (χ2n) is 6.50. The molecule has 0 spiro atoms. The Morgan fingerprint density at radius 3 is 2.58 bits per heavy atom. The average Bonchev–Trinajstić information content (AvgIpc) is 3.00. The van der Waals surface area contributed by atoms with Crippen molar-refractivity contribution in [1.29, 1.82) is 0 Å². The molecule has 0 radical (unpaired) electrons. The van der Waals surface area contributed by atoms with Gasteiger partial charge >= 0.3 is 0 Å². The first-order valence-electron chi connectivity index (χ1n) is 9.00. The standard InChI is InChI=1S/C17H35N5O.HI/c1-6-10-21(7-2)12-9-19-17(18-5)20-15-8-11-22(13-15)16(23)14(3)4;/h14-15H,6-13H2,1-5H3,(H2,18,19,20);1H. The summed E-state index contributed by atoms with van der Waals surface area (Å²) in [6.07, 6.45) is 2.17. The Bertz CT molecular complexity index is 389. The molecule has 142 valence electrons. The van der Waals surface area contributed by atoms with E-state index in [0.29, 0.717) is 6.04 Å². The van der Waals surface area contributed by atoms with Crippen molar-refractivity contribution in [2.45, 2.75) is 46.6 Å². The number of aliphatic imine (C=N–C) groups is 1. The minimum atomic E-state index is 0. The summed E-state index contributed by atoms with van der Waals surface area (Å²) in [5.74, 6) is 1.15. The molecule has 2 N–H and O–H groups in total. The van der Waals surface area contributed by atoms with Crippen LogP contribution in [-0.2, 0) is 4.79 Å². The van der Waals surface area contributed by atoms with Gasteiger partial charge in [-0.05, 0) is 25.9 Å². The summed E-state index contributed by atoms with van der Waals surface area (Å²) < 4.78 is 0. The van der Waals surface area contributed by atoms with Crippen LogP contribution >= 0.6 is 24.0 Å². The maximum Gasteiger partial charge on any atom is 0.225 e. The van der Waals surface area contributed by atoms with Gasteiger partial charge in [-0.2, -0.15) is 0 Å². The molecule has 1 atom stereocenters. The highest BCUT2D eigenvalue weighted by Crippen LogP contribution is 2.12. The molecule has 0 aromatic heterocycles. The first kappa shape index (κ1) is 23.4. The molecule has 0 aliphatic carbocycles. The van der Waals surface area contributed by atoms with E-state index in [1.807, 2.05) is 18.7 Å². The fraction of sp³-hybridized carbons (Fsp3) is 0.882. The Labute approximate surface area is 164 Å². The van der Waals surface area contributed by atoms with E-state index in [9.17, 15) is 4.79 Å². The van der Waals surface area contributed by atoms with Gasteiger partial charge in [0.25, 0.3) is 0 Å². The first-order valence-corrected chi connectivity index (χ1v) is 9.00. The Hall–Kier alpha value is -0.570. The molecule has 6 nitrogen and oxygen atoms in total. The van der Waals surface area contributed by atoms with Crippen LogP contribution in [0, 0.1) is 5.92 Å². The van der Waals surface area contributed by atoms with Crippen molar-refractivity contribution in [3.63, 3.8) is 0 Å². The molecule has 0 aromatic carbocycles. The Morgan fingerprint density at radius 2 is 2.04 bits per heavy atom. The van der Waals surface area contributed by atoms with Crippen molar-refractivity contribution in [1.82, 2.24) is 20.4 Å². The molecule has 1 rings (SSSR count). The highest BCUT2D eigenvalue weighted by Gasteiger charge is 2.27. The fourth-order valence-electron chi connectivity index (χ4n) is 2.91. The zero-order valence-electron chi connectivity index (χ0n) is 16.0. The second kappa shape index (κ2) is 12.7. The molecular weight excluding hydrogens is 417 g/mol. The second-order valence-corrected chi connectivity index (χ2v) is 6.50. The van der Waals surface area contributed by atoms with E-state index in [1.165, 1.54) is 6.42 Å². The lowest BCUT2D eigenvalue weighted by atomic mass is 10.2. The predicted octanol–water partition coefficient (Wildman–Crippen LogP) is 1.76. The zero-order chi connectivity index (χ0) is 17.2. The van der Waals surface area contributed by atoms with Crippen molar-refractivity contribution < 1.29 is 4.79 Å². The number of hydrogen-bond acceptors (Lipinski definition) is 3. The van der Waals surface area contributed by atoms with Gasteiger partial charge < -0.3 is 20.4 Å². The van der Waals surface area contributed by atoms with Crippen LogP contribution in [0.25, 0.3) is 0 Å². The third kappa shape index (κ3) is 8.00. The van der Waals surface area contributed by atoms with Gasteiger partial charge in [-0.1, -0.05) is 27.7 Å². The highest BCUT2D eigenvalue weighted by atomic mass is 127. The van der Waals surface area contributed by atoms with Gasteiger partial charge in [0.05, 0.1) is 0 Å². The molecule has 1 fully saturated rings. The number of guanidine groups is 1. The lowest BCUT2D eigenvalue weighted by Gasteiger charge is -2.22. The summed E-state index contributed by atoms with van der Waals surface area (Å²) in [6, 6.07) is 0.293. The van der Waals surface area contributed by atoms with Gasteiger partial charge in [0.2, 0.25) is 5.91 Å². The van der Waals surface area contributed by atoms with Crippen LogP contribution in [0.4, 0.5) is 0 Å². The van der Waals surface area contributed by atoms with E-state index >= 15 is 0 Å². The number of nitrogens with zero attached hydrogens (tertiary/aromatic N) is 3. The van der Waals surface area contributed by atoms with Crippen LogP contribution in [0.5, 0.6) is 0 Å². The summed E-state index contributed by atoms with van der Waals surface area (Å²) in [4.78, 5) is 20.7. The minimum Gasteiger partial charge on any atom is -0.355 e. The van der Waals surface area contributed by atoms with Crippen LogP contribution in [0.15, 0.2) is 4.99 Å². The van der Waals surface area contributed by atoms with Crippen molar-refractivity contribution in [3.8, 4) is 0 Å². The predicted molar refractivity (Wildman–Crippen MR) is 112 cm³/mol. The Balaban J connectivity index is 0.00000529. The van der Waals surface area contributed by atoms with Gasteiger partial charge in [0.1, 0.15) is 0 Å². The number of likely N-dealkylation sites (N-methyl/N-ethyl adjacent to an activating group) is 1. The molecule has 7 heteroatoms. The lowest BCUT2D eigenvalue weighted by Crippen LogP contribution is -2.47. The van der Waals surface area contributed by atoms with Gasteiger partial charge in [0.15, 0.2) is 5.96 Å². The summed E-state index contributed by atoms with van der Waals surface area (Å²) in [7, 11) is 1.80. The Morgan fingerprint density at radius 1 is 1.33 bits per heavy atom. The zero-order valence-corrected chi connectivity index (χ0v) is 18.3. The topological polar surface area (TPSA) is 60.0 Å². The summed E-state index contributed by atoms with van der Waals surface area (Å²) in [5, 5.41) is 6.82. The molecule has 0 bridgehead atoms. The number of hydrogen-bond donors (Lipinski definition) is 2. The van der Waals surface area contributed by atoms with Crippen molar-refractivity contribution in [2.75, 3.05) is 46.3 Å². The number of rotatable bonds is 8. The van der Waals surface area contributed by atoms with Crippen LogP contribution < -0.4 is 10.6 Å². The van der Waals surface area contributed by atoms with E-state index in [-0.39, 0.29) is 35.8 Å². The van der Waals surface area contributed by atoms with Crippen LogP contribution in [0.1, 0.15) is 40.5 Å². The van der Waals surface area contributed by atoms with Gasteiger partial charge in [-0.15, -0.1) is 24.0 Å². The van der Waals surface area contributed by atoms with Crippen molar-refractivity contribution in [3.05, 3.63) is 0 Å². The highest BCUT2D eigenvalue weighted by molar-refractivity contribution is 14.0. The van der Waals surface area contributed by atoms with E-state index in [2.05, 4.69) is 34.4 Å². The maximum atomic E-state index is 12.0. The van der Waals surface area contributed by atoms with Crippen molar-refractivity contribution >= 4 is 35.8 Å². The molecule has 1 aliphatic rings. The van der Waals surface area contributed by atoms with E-state index in [4.69, 9.17) is 0 Å². The normalized spacial score (nSPS) is 18.0. The van der Waals surface area contributed by atoms with E-state index in [0.717, 1.165) is 51.6 Å². The average molecular weight is 453 g/mol. The third-order valence-corrected chi connectivity index (χ3v) is 4.27. The molecule has 1 unspecified atom stereocenters. The first-order chi connectivity index (χ1) is 11.0. The molecule has 0 saturated carbocycles. The summed E-state index contributed by atoms with van der Waals surface area (Å²) in [6.45, 7) is 14.1. The summed E-state index contributed by atoms with van der Waals surface area (Å²) >= 11 is 0. The Kier molecular flexibility index (Phi) is 12.4. The fourth-order valence-corrected chi connectivity index (χ4v) is 2.91. The number of likely N-dealkylation sites (tertiary alicyclic amines) is 1. The number of amides is 1. The monoisotopic (exact) mass is 453 g/mol. The lowest BCUT2D eigenvalue weighted by molar-refractivity contribution is -0.133. The van der Waals surface area contributed by atoms with Gasteiger partial charge in [-0.3, -0.25) is 9.79 Å². The van der Waals surface area contributed by atoms with Crippen LogP contribution in [0.3, 0.4) is 0 Å². The number of carbonyl (C=O) groups excluding carboxylic acids is 1. The molecule has 1 aliphatic heterocycles. The number of halogens is 1. The largest absolute Gasteiger partial charge is 0.355 e. The summed E-state index contributed by atoms with van der Waals surface area (Å²) in [5.41, 5.74) is 0. The molecule has 0 aromatic rings. The number of carbonyl (C=O) groups is 1. The van der Waals surface area contributed by atoms with Crippen molar-refractivity contribution in [2.24, 2.45) is 10.9 Å². The molecule has 1 saturated heterocycles. The van der Waals surface area contributed by atoms with Crippen LogP contribution in [0.2, 0.25) is 0 Å².